The molecule has 0 saturated carbocycles. The van der Waals surface area contributed by atoms with Gasteiger partial charge in [-0.05, 0) is 36.8 Å². The minimum absolute atomic E-state index is 0.0896. The second kappa shape index (κ2) is 5.91. The summed E-state index contributed by atoms with van der Waals surface area (Å²) in [7, 11) is 0. The molecular formula is C13H14ClNS2. The average Bonchev–Trinajstić information content (AvgIpc) is 2.73. The first-order valence-electron chi connectivity index (χ1n) is 5.37. The summed E-state index contributed by atoms with van der Waals surface area (Å²) >= 11 is 9.35. The molecule has 0 fully saturated rings. The monoisotopic (exact) mass is 283 g/mol. The van der Waals surface area contributed by atoms with Crippen molar-refractivity contribution in [2.45, 2.75) is 23.6 Å². The van der Waals surface area contributed by atoms with Crippen molar-refractivity contribution in [1.82, 2.24) is 0 Å². The molecule has 1 aromatic heterocycles. The summed E-state index contributed by atoms with van der Waals surface area (Å²) in [6.07, 6.45) is 0. The highest BCUT2D eigenvalue weighted by molar-refractivity contribution is 7.98. The van der Waals surface area contributed by atoms with E-state index >= 15 is 0 Å². The van der Waals surface area contributed by atoms with Gasteiger partial charge in [-0.15, -0.1) is 23.1 Å². The summed E-state index contributed by atoms with van der Waals surface area (Å²) in [5, 5.41) is 0. The Kier molecular flexibility index (Phi) is 4.51. The van der Waals surface area contributed by atoms with E-state index in [1.54, 1.807) is 11.3 Å². The number of hydrogen-bond acceptors (Lipinski definition) is 3. The first-order valence-corrected chi connectivity index (χ1v) is 7.56. The van der Waals surface area contributed by atoms with Gasteiger partial charge in [0.2, 0.25) is 0 Å². The molecule has 17 heavy (non-hydrogen) atoms. The Labute approximate surface area is 115 Å². The third-order valence-corrected chi connectivity index (χ3v) is 4.85. The van der Waals surface area contributed by atoms with Gasteiger partial charge in [0.1, 0.15) is 0 Å². The van der Waals surface area contributed by atoms with E-state index in [0.717, 1.165) is 10.1 Å². The van der Waals surface area contributed by atoms with Gasteiger partial charge in [-0.3, -0.25) is 0 Å². The molecule has 0 radical (unpaired) electrons. The third kappa shape index (κ3) is 3.75. The zero-order valence-corrected chi connectivity index (χ0v) is 11.9. The number of thiophene rings is 1. The Morgan fingerprint density at radius 3 is 2.82 bits per heavy atom. The second-order valence-electron chi connectivity index (χ2n) is 3.86. The predicted molar refractivity (Wildman–Crippen MR) is 77.9 cm³/mol. The third-order valence-electron chi connectivity index (χ3n) is 2.39. The predicted octanol–water partition coefficient (Wildman–Crippen LogP) is 4.71. The molecule has 1 aromatic carbocycles. The van der Waals surface area contributed by atoms with Gasteiger partial charge in [0.15, 0.2) is 0 Å². The zero-order chi connectivity index (χ0) is 12.3. The molecule has 0 spiro atoms. The normalized spacial score (nSPS) is 12.6. The number of rotatable bonds is 4. The Morgan fingerprint density at radius 1 is 1.35 bits per heavy atom. The number of halogens is 1. The number of benzene rings is 1. The van der Waals surface area contributed by atoms with Gasteiger partial charge < -0.3 is 5.73 Å². The molecule has 2 rings (SSSR count). The Hall–Kier alpha value is -0.480. The molecular weight excluding hydrogens is 270 g/mol. The molecule has 0 aliphatic heterocycles. The maximum atomic E-state index is 5.90. The van der Waals surface area contributed by atoms with Crippen LogP contribution in [0.2, 0.25) is 4.34 Å². The van der Waals surface area contributed by atoms with Crippen LogP contribution < -0.4 is 5.73 Å². The minimum atomic E-state index is 0.0896. The molecule has 0 amide bonds. The summed E-state index contributed by atoms with van der Waals surface area (Å²) in [6, 6.07) is 12.5. The fraction of sp³-hybridized carbons (Fsp3) is 0.231. The Bertz CT molecular complexity index is 494. The zero-order valence-electron chi connectivity index (χ0n) is 9.52. The maximum absolute atomic E-state index is 5.90. The van der Waals surface area contributed by atoms with Gasteiger partial charge in [0.05, 0.1) is 4.34 Å². The Balaban J connectivity index is 2.01. The van der Waals surface area contributed by atoms with Crippen LogP contribution in [0.5, 0.6) is 0 Å². The highest BCUT2D eigenvalue weighted by atomic mass is 35.5. The maximum Gasteiger partial charge on any atom is 0.0931 e. The van der Waals surface area contributed by atoms with Crippen molar-refractivity contribution < 1.29 is 0 Å². The lowest BCUT2D eigenvalue weighted by atomic mass is 10.1. The fourth-order valence-corrected chi connectivity index (χ4v) is 3.57. The number of thioether (sulfide) groups is 1. The summed E-state index contributed by atoms with van der Waals surface area (Å²) in [4.78, 5) is 2.55. The molecule has 1 heterocycles. The molecule has 1 atom stereocenters. The van der Waals surface area contributed by atoms with Gasteiger partial charge in [-0.1, -0.05) is 23.7 Å². The molecule has 2 N–H and O–H groups in total. The SMILES string of the molecule is CC(N)c1cccc(SCc2ccc(Cl)s2)c1. The van der Waals surface area contributed by atoms with Crippen molar-refractivity contribution in [3.63, 3.8) is 0 Å². The average molecular weight is 284 g/mol. The Morgan fingerprint density at radius 2 is 2.18 bits per heavy atom. The lowest BCUT2D eigenvalue weighted by Gasteiger charge is -2.07. The molecule has 2 aromatic rings. The van der Waals surface area contributed by atoms with E-state index in [9.17, 15) is 0 Å². The summed E-state index contributed by atoms with van der Waals surface area (Å²) in [5.74, 6) is 0.958. The van der Waals surface area contributed by atoms with Crippen LogP contribution in [0.4, 0.5) is 0 Å². The summed E-state index contributed by atoms with van der Waals surface area (Å²) in [6.45, 7) is 2.00. The van der Waals surface area contributed by atoms with Crippen LogP contribution in [-0.4, -0.2) is 0 Å². The molecule has 1 nitrogen and oxygen atoms in total. The van der Waals surface area contributed by atoms with Crippen LogP contribution in [0.15, 0.2) is 41.3 Å². The van der Waals surface area contributed by atoms with E-state index in [-0.39, 0.29) is 6.04 Å². The molecule has 90 valence electrons. The van der Waals surface area contributed by atoms with Crippen LogP contribution in [-0.2, 0) is 5.75 Å². The quantitative estimate of drug-likeness (QED) is 0.822. The van der Waals surface area contributed by atoms with Crippen LogP contribution in [0.25, 0.3) is 0 Å². The molecule has 4 heteroatoms. The number of hydrogen-bond donors (Lipinski definition) is 1. The van der Waals surface area contributed by atoms with E-state index in [1.807, 2.05) is 24.8 Å². The van der Waals surface area contributed by atoms with Crippen LogP contribution in [0, 0.1) is 0 Å². The van der Waals surface area contributed by atoms with Crippen LogP contribution >= 0.6 is 34.7 Å². The molecule has 0 bridgehead atoms. The van der Waals surface area contributed by atoms with Crippen molar-refractivity contribution in [2.75, 3.05) is 0 Å². The molecule has 0 saturated heterocycles. The van der Waals surface area contributed by atoms with Crippen molar-refractivity contribution in [2.24, 2.45) is 5.73 Å². The van der Waals surface area contributed by atoms with Gasteiger partial charge >= 0.3 is 0 Å². The van der Waals surface area contributed by atoms with Gasteiger partial charge in [-0.2, -0.15) is 0 Å². The second-order valence-corrected chi connectivity index (χ2v) is 6.70. The lowest BCUT2D eigenvalue weighted by molar-refractivity contribution is 0.815. The van der Waals surface area contributed by atoms with E-state index in [0.29, 0.717) is 0 Å². The smallest absolute Gasteiger partial charge is 0.0931 e. The van der Waals surface area contributed by atoms with Gasteiger partial charge in [-0.25, -0.2) is 0 Å². The molecule has 0 aliphatic carbocycles. The van der Waals surface area contributed by atoms with Crippen molar-refractivity contribution in [3.05, 3.63) is 51.2 Å². The van der Waals surface area contributed by atoms with E-state index in [4.69, 9.17) is 17.3 Å². The summed E-state index contributed by atoms with van der Waals surface area (Å²) < 4.78 is 0.852. The molecule has 1 unspecified atom stereocenters. The van der Waals surface area contributed by atoms with E-state index in [2.05, 4.69) is 30.3 Å². The first-order chi connectivity index (χ1) is 8.15. The van der Waals surface area contributed by atoms with Crippen molar-refractivity contribution in [1.29, 1.82) is 0 Å². The van der Waals surface area contributed by atoms with Crippen molar-refractivity contribution in [3.8, 4) is 0 Å². The van der Waals surface area contributed by atoms with Crippen molar-refractivity contribution >= 4 is 34.7 Å². The van der Waals surface area contributed by atoms with Crippen LogP contribution in [0.3, 0.4) is 0 Å². The summed E-state index contributed by atoms with van der Waals surface area (Å²) in [5.41, 5.74) is 7.05. The highest BCUT2D eigenvalue weighted by Crippen LogP contribution is 2.29. The fourth-order valence-electron chi connectivity index (χ4n) is 1.47. The minimum Gasteiger partial charge on any atom is -0.324 e. The lowest BCUT2D eigenvalue weighted by Crippen LogP contribution is -2.04. The standard InChI is InChI=1S/C13H14ClNS2/c1-9(15)10-3-2-4-11(7-10)16-8-12-5-6-13(14)17-12/h2-7,9H,8,15H2,1H3. The van der Waals surface area contributed by atoms with Gasteiger partial charge in [0, 0.05) is 21.6 Å². The van der Waals surface area contributed by atoms with Crippen LogP contribution in [0.1, 0.15) is 23.4 Å². The highest BCUT2D eigenvalue weighted by Gasteiger charge is 2.03. The largest absolute Gasteiger partial charge is 0.324 e. The first kappa shape index (κ1) is 13.0. The van der Waals surface area contributed by atoms with E-state index < -0.39 is 0 Å². The van der Waals surface area contributed by atoms with Gasteiger partial charge in [0.25, 0.3) is 0 Å². The van der Waals surface area contributed by atoms with E-state index in [1.165, 1.54) is 15.3 Å². The number of nitrogens with two attached hydrogens (primary N) is 1. The topological polar surface area (TPSA) is 26.0 Å². The molecule has 0 aliphatic rings.